The van der Waals surface area contributed by atoms with Crippen molar-refractivity contribution in [3.05, 3.63) is 29.8 Å². The number of morpholine rings is 1. The SMILES string of the molecule is FC(F)(F)CN1CCN(Cc2ccccc2N2CCOCC2)CC1. The second-order valence-corrected chi connectivity index (χ2v) is 6.40. The van der Waals surface area contributed by atoms with Crippen LogP contribution in [0, 0.1) is 0 Å². The highest BCUT2D eigenvalue weighted by molar-refractivity contribution is 5.53. The van der Waals surface area contributed by atoms with E-state index in [0.29, 0.717) is 26.2 Å². The summed E-state index contributed by atoms with van der Waals surface area (Å²) >= 11 is 0. The van der Waals surface area contributed by atoms with Gasteiger partial charge in [0, 0.05) is 51.5 Å². The minimum absolute atomic E-state index is 0.471. The zero-order valence-electron chi connectivity index (χ0n) is 13.8. The van der Waals surface area contributed by atoms with Gasteiger partial charge < -0.3 is 9.64 Å². The third-order valence-electron chi connectivity index (χ3n) is 4.61. The molecule has 24 heavy (non-hydrogen) atoms. The van der Waals surface area contributed by atoms with Gasteiger partial charge in [0.2, 0.25) is 0 Å². The molecule has 0 aromatic heterocycles. The van der Waals surface area contributed by atoms with E-state index in [2.05, 4.69) is 21.9 Å². The molecule has 1 aromatic carbocycles. The topological polar surface area (TPSA) is 19.0 Å². The molecule has 134 valence electrons. The molecule has 0 unspecified atom stereocenters. The lowest BCUT2D eigenvalue weighted by molar-refractivity contribution is -0.149. The van der Waals surface area contributed by atoms with E-state index in [1.54, 1.807) is 0 Å². The minimum atomic E-state index is -4.11. The molecule has 0 saturated carbocycles. The summed E-state index contributed by atoms with van der Waals surface area (Å²) in [6, 6.07) is 8.31. The zero-order chi connectivity index (χ0) is 17.0. The average molecular weight is 343 g/mol. The first-order chi connectivity index (χ1) is 11.5. The fourth-order valence-electron chi connectivity index (χ4n) is 3.36. The summed E-state index contributed by atoms with van der Waals surface area (Å²) in [6.07, 6.45) is -4.11. The van der Waals surface area contributed by atoms with E-state index < -0.39 is 12.7 Å². The van der Waals surface area contributed by atoms with Gasteiger partial charge in [-0.2, -0.15) is 13.2 Å². The van der Waals surface area contributed by atoms with Crippen molar-refractivity contribution in [2.24, 2.45) is 0 Å². The van der Waals surface area contributed by atoms with Gasteiger partial charge in [0.25, 0.3) is 0 Å². The van der Waals surface area contributed by atoms with E-state index in [1.807, 2.05) is 12.1 Å². The van der Waals surface area contributed by atoms with Crippen molar-refractivity contribution >= 4 is 5.69 Å². The highest BCUT2D eigenvalue weighted by Crippen LogP contribution is 2.24. The van der Waals surface area contributed by atoms with Crippen LogP contribution in [0.4, 0.5) is 18.9 Å². The van der Waals surface area contributed by atoms with Crippen LogP contribution in [0.5, 0.6) is 0 Å². The molecule has 0 bridgehead atoms. The molecule has 7 heteroatoms. The molecule has 1 aromatic rings. The monoisotopic (exact) mass is 343 g/mol. The van der Waals surface area contributed by atoms with Crippen LogP contribution in [0.15, 0.2) is 24.3 Å². The van der Waals surface area contributed by atoms with Crippen LogP contribution >= 0.6 is 0 Å². The summed E-state index contributed by atoms with van der Waals surface area (Å²) in [5.41, 5.74) is 2.46. The summed E-state index contributed by atoms with van der Waals surface area (Å²) in [6.45, 7) is 5.53. The molecule has 2 aliphatic heterocycles. The quantitative estimate of drug-likeness (QED) is 0.834. The predicted molar refractivity (Wildman–Crippen MR) is 87.2 cm³/mol. The Morgan fingerprint density at radius 3 is 2.17 bits per heavy atom. The van der Waals surface area contributed by atoms with Crippen LogP contribution in [-0.4, -0.2) is 75.0 Å². The molecular weight excluding hydrogens is 319 g/mol. The number of benzene rings is 1. The van der Waals surface area contributed by atoms with E-state index in [4.69, 9.17) is 4.74 Å². The molecule has 0 radical (unpaired) electrons. The van der Waals surface area contributed by atoms with Crippen molar-refractivity contribution in [3.8, 4) is 0 Å². The Labute approximate surface area is 140 Å². The molecule has 0 aliphatic carbocycles. The van der Waals surface area contributed by atoms with Gasteiger partial charge in [-0.1, -0.05) is 18.2 Å². The number of ether oxygens (including phenoxy) is 1. The third kappa shape index (κ3) is 4.84. The van der Waals surface area contributed by atoms with Gasteiger partial charge in [-0.25, -0.2) is 0 Å². The number of hydrogen-bond donors (Lipinski definition) is 0. The molecular formula is C17H24F3N3O. The Kier molecular flexibility index (Phi) is 5.63. The summed E-state index contributed by atoms with van der Waals surface area (Å²) in [5, 5.41) is 0. The van der Waals surface area contributed by atoms with E-state index in [9.17, 15) is 13.2 Å². The normalized spacial score (nSPS) is 21.2. The maximum absolute atomic E-state index is 12.5. The van der Waals surface area contributed by atoms with Crippen molar-refractivity contribution in [2.45, 2.75) is 12.7 Å². The molecule has 2 saturated heterocycles. The van der Waals surface area contributed by atoms with Crippen molar-refractivity contribution < 1.29 is 17.9 Å². The largest absolute Gasteiger partial charge is 0.401 e. The molecule has 4 nitrogen and oxygen atoms in total. The van der Waals surface area contributed by atoms with Gasteiger partial charge in [-0.15, -0.1) is 0 Å². The van der Waals surface area contributed by atoms with Crippen LogP contribution < -0.4 is 4.90 Å². The number of alkyl halides is 3. The smallest absolute Gasteiger partial charge is 0.378 e. The Bertz CT molecular complexity index is 524. The van der Waals surface area contributed by atoms with E-state index in [0.717, 1.165) is 32.8 Å². The minimum Gasteiger partial charge on any atom is -0.378 e. The van der Waals surface area contributed by atoms with Crippen LogP contribution in [0.2, 0.25) is 0 Å². The van der Waals surface area contributed by atoms with Crippen LogP contribution in [0.3, 0.4) is 0 Å². The van der Waals surface area contributed by atoms with E-state index in [1.165, 1.54) is 16.2 Å². The summed E-state index contributed by atoms with van der Waals surface area (Å²) < 4.78 is 42.8. The Morgan fingerprint density at radius 1 is 0.875 bits per heavy atom. The molecule has 2 aliphatic rings. The number of anilines is 1. The maximum atomic E-state index is 12.5. The van der Waals surface area contributed by atoms with Crippen molar-refractivity contribution in [1.82, 2.24) is 9.80 Å². The molecule has 0 N–H and O–H groups in total. The second-order valence-electron chi connectivity index (χ2n) is 6.40. The maximum Gasteiger partial charge on any atom is 0.401 e. The first-order valence-electron chi connectivity index (χ1n) is 8.43. The second kappa shape index (κ2) is 7.72. The number of para-hydroxylation sites is 1. The van der Waals surface area contributed by atoms with Crippen LogP contribution in [0.25, 0.3) is 0 Å². The Morgan fingerprint density at radius 2 is 1.50 bits per heavy atom. The fourth-order valence-corrected chi connectivity index (χ4v) is 3.36. The van der Waals surface area contributed by atoms with Crippen LogP contribution in [0.1, 0.15) is 5.56 Å². The first-order valence-corrected chi connectivity index (χ1v) is 8.43. The molecule has 2 fully saturated rings. The number of rotatable bonds is 4. The highest BCUT2D eigenvalue weighted by atomic mass is 19.4. The summed E-state index contributed by atoms with van der Waals surface area (Å²) in [7, 11) is 0. The Hall–Kier alpha value is -1.31. The van der Waals surface area contributed by atoms with Gasteiger partial charge >= 0.3 is 6.18 Å². The van der Waals surface area contributed by atoms with Crippen LogP contribution in [-0.2, 0) is 11.3 Å². The standard InChI is InChI=1S/C17H24F3N3O/c18-17(19,20)14-22-7-5-21(6-8-22)13-15-3-1-2-4-16(15)23-9-11-24-12-10-23/h1-4H,5-14H2. The Balaban J connectivity index is 1.57. The highest BCUT2D eigenvalue weighted by Gasteiger charge is 2.32. The van der Waals surface area contributed by atoms with Gasteiger partial charge in [-0.3, -0.25) is 9.80 Å². The van der Waals surface area contributed by atoms with Gasteiger partial charge in [-0.05, 0) is 11.6 Å². The van der Waals surface area contributed by atoms with Gasteiger partial charge in [0.1, 0.15) is 0 Å². The molecule has 0 amide bonds. The lowest BCUT2D eigenvalue weighted by atomic mass is 10.1. The fraction of sp³-hybridized carbons (Fsp3) is 0.647. The van der Waals surface area contributed by atoms with Crippen molar-refractivity contribution in [1.29, 1.82) is 0 Å². The number of nitrogens with zero attached hydrogens (tertiary/aromatic N) is 3. The van der Waals surface area contributed by atoms with Gasteiger partial charge in [0.05, 0.1) is 19.8 Å². The number of hydrogen-bond acceptors (Lipinski definition) is 4. The summed E-state index contributed by atoms with van der Waals surface area (Å²) in [5.74, 6) is 0. The summed E-state index contributed by atoms with van der Waals surface area (Å²) in [4.78, 5) is 6.06. The molecule has 0 spiro atoms. The molecule has 0 atom stereocenters. The molecule has 2 heterocycles. The number of halogens is 3. The first kappa shape index (κ1) is 17.5. The molecule has 3 rings (SSSR count). The third-order valence-corrected chi connectivity index (χ3v) is 4.61. The van der Waals surface area contributed by atoms with E-state index in [-0.39, 0.29) is 0 Å². The van der Waals surface area contributed by atoms with Gasteiger partial charge in [0.15, 0.2) is 0 Å². The number of piperazine rings is 1. The lowest BCUT2D eigenvalue weighted by Crippen LogP contribution is -2.48. The average Bonchev–Trinajstić information content (AvgIpc) is 2.57. The zero-order valence-corrected chi connectivity index (χ0v) is 13.8. The van der Waals surface area contributed by atoms with Crippen molar-refractivity contribution in [3.63, 3.8) is 0 Å². The van der Waals surface area contributed by atoms with Crippen molar-refractivity contribution in [2.75, 3.05) is 63.9 Å². The predicted octanol–water partition coefficient (Wildman–Crippen LogP) is 2.20. The van der Waals surface area contributed by atoms with E-state index >= 15 is 0 Å². The lowest BCUT2D eigenvalue weighted by Gasteiger charge is -2.36.